The number of hydrogen-bond acceptors (Lipinski definition) is 3. The van der Waals surface area contributed by atoms with E-state index in [2.05, 4.69) is 17.1 Å². The minimum Gasteiger partial charge on any atom is -0.490 e. The number of anilines is 1. The van der Waals surface area contributed by atoms with E-state index in [1.54, 1.807) is 6.20 Å². The van der Waals surface area contributed by atoms with Crippen LogP contribution in [0, 0.1) is 0 Å². The first-order chi connectivity index (χ1) is 14.8. The monoisotopic (exact) mass is 460 g/mol. The third-order valence-electron chi connectivity index (χ3n) is 5.03. The molecule has 5 nitrogen and oxygen atoms in total. The Kier molecular flexibility index (Phi) is 6.29. The molecule has 172 valence electrons. The third-order valence-corrected chi connectivity index (χ3v) is 5.03. The minimum absolute atomic E-state index is 0.0287. The molecule has 3 aromatic rings. The van der Waals surface area contributed by atoms with Crippen LogP contribution in [0.5, 0.6) is 5.75 Å². The summed E-state index contributed by atoms with van der Waals surface area (Å²) in [6.45, 7) is 0. The lowest BCUT2D eigenvalue weighted by Crippen LogP contribution is -2.32. The van der Waals surface area contributed by atoms with Gasteiger partial charge in [0.05, 0.1) is 17.4 Å². The zero-order valence-corrected chi connectivity index (χ0v) is 16.3. The van der Waals surface area contributed by atoms with Crippen molar-refractivity contribution in [1.82, 2.24) is 4.98 Å². The van der Waals surface area contributed by atoms with Crippen molar-refractivity contribution in [3.63, 3.8) is 0 Å². The fraction of sp³-hybridized carbons (Fsp3) is 0.286. The number of rotatable bonds is 3. The van der Waals surface area contributed by atoms with Gasteiger partial charge in [0.2, 0.25) is 0 Å². The summed E-state index contributed by atoms with van der Waals surface area (Å²) in [5.74, 6) is -1.90. The normalized spacial score (nSPS) is 18.4. The van der Waals surface area contributed by atoms with E-state index in [-0.39, 0.29) is 6.10 Å². The number of aliphatic carboxylic acids is 1. The summed E-state index contributed by atoms with van der Waals surface area (Å²) >= 11 is 0. The number of fused-ring (bicyclic) bond motifs is 1. The Morgan fingerprint density at radius 2 is 1.62 bits per heavy atom. The molecule has 0 radical (unpaired) electrons. The Hall–Kier alpha value is -3.37. The lowest BCUT2D eigenvalue weighted by molar-refractivity contribution is -0.192. The number of benzene rings is 2. The fourth-order valence-corrected chi connectivity index (χ4v) is 3.26. The molecule has 1 aliphatic rings. The molecule has 1 heterocycles. The van der Waals surface area contributed by atoms with Crippen LogP contribution in [0.25, 0.3) is 10.9 Å². The van der Waals surface area contributed by atoms with Crippen molar-refractivity contribution < 1.29 is 41.0 Å². The molecule has 4 N–H and O–H groups in total. The molecule has 2 aromatic carbocycles. The smallest absolute Gasteiger partial charge is 0.490 e. The number of carboxylic acids is 1. The number of hydrogen-bond donors (Lipinski definition) is 3. The van der Waals surface area contributed by atoms with Gasteiger partial charge in [-0.1, -0.05) is 6.07 Å². The Balaban J connectivity index is 0.000000360. The topological polar surface area (TPSA) is 88.3 Å². The molecule has 0 amide bonds. The van der Waals surface area contributed by atoms with Crippen LogP contribution in [0.15, 0.2) is 48.7 Å². The number of alkyl halides is 6. The molecule has 0 spiro atoms. The number of ether oxygens (including phenoxy) is 1. The zero-order chi connectivity index (χ0) is 23.7. The van der Waals surface area contributed by atoms with Crippen LogP contribution in [0.3, 0.4) is 0 Å². The van der Waals surface area contributed by atoms with Gasteiger partial charge >= 0.3 is 18.3 Å². The highest BCUT2D eigenvalue weighted by atomic mass is 19.4. The van der Waals surface area contributed by atoms with Gasteiger partial charge < -0.3 is 20.6 Å². The molecule has 1 aromatic heterocycles. The molecule has 0 unspecified atom stereocenters. The first kappa shape index (κ1) is 23.3. The first-order valence-electron chi connectivity index (χ1n) is 9.35. The predicted octanol–water partition coefficient (Wildman–Crippen LogP) is 5.73. The number of halogens is 6. The van der Waals surface area contributed by atoms with Gasteiger partial charge in [0.15, 0.2) is 0 Å². The molecule has 0 saturated heterocycles. The van der Waals surface area contributed by atoms with Gasteiger partial charge in [0.1, 0.15) is 5.75 Å². The Morgan fingerprint density at radius 1 is 1.03 bits per heavy atom. The van der Waals surface area contributed by atoms with Crippen molar-refractivity contribution in [2.45, 2.75) is 37.2 Å². The van der Waals surface area contributed by atoms with Crippen molar-refractivity contribution in [3.8, 4) is 5.75 Å². The molecule has 0 bridgehead atoms. The quantitative estimate of drug-likeness (QED) is 0.436. The zero-order valence-electron chi connectivity index (χ0n) is 16.3. The highest BCUT2D eigenvalue weighted by Gasteiger charge is 2.38. The van der Waals surface area contributed by atoms with Gasteiger partial charge in [0.25, 0.3) is 0 Å². The lowest BCUT2D eigenvalue weighted by Gasteiger charge is -2.35. The van der Waals surface area contributed by atoms with Gasteiger partial charge in [-0.3, -0.25) is 0 Å². The van der Waals surface area contributed by atoms with Crippen molar-refractivity contribution in [1.29, 1.82) is 0 Å². The average molecular weight is 460 g/mol. The van der Waals surface area contributed by atoms with Crippen LogP contribution >= 0.6 is 0 Å². The van der Waals surface area contributed by atoms with Gasteiger partial charge in [-0.15, -0.1) is 0 Å². The van der Waals surface area contributed by atoms with Gasteiger partial charge in [-0.2, -0.15) is 26.3 Å². The standard InChI is InChI=1S/C19H17F3N2O.C2HF3O2/c20-19(21,22)13-2-4-14(5-3-13)25-15-7-12(8-15)11-1-6-18-16(9-11)17(23)10-24-18;3-2(4,5)1(6)7/h1-6,9-10,12,15,24H,7-8,23H2;(H,6,7). The molecule has 11 heteroatoms. The molecule has 1 saturated carbocycles. The van der Waals surface area contributed by atoms with E-state index in [1.165, 1.54) is 17.7 Å². The number of aromatic amines is 1. The van der Waals surface area contributed by atoms with Crippen LogP contribution in [0.1, 0.15) is 29.9 Å². The van der Waals surface area contributed by atoms with Crippen LogP contribution in [-0.2, 0) is 11.0 Å². The van der Waals surface area contributed by atoms with Gasteiger partial charge in [-0.25, -0.2) is 4.79 Å². The summed E-state index contributed by atoms with van der Waals surface area (Å²) in [7, 11) is 0. The van der Waals surface area contributed by atoms with E-state index in [4.69, 9.17) is 20.4 Å². The molecule has 1 fully saturated rings. The number of carbonyl (C=O) groups is 1. The summed E-state index contributed by atoms with van der Waals surface area (Å²) in [6, 6.07) is 11.1. The second-order valence-electron chi connectivity index (χ2n) is 7.28. The molecule has 32 heavy (non-hydrogen) atoms. The van der Waals surface area contributed by atoms with Gasteiger partial charge in [0, 0.05) is 17.1 Å². The Morgan fingerprint density at radius 3 is 2.16 bits per heavy atom. The van der Waals surface area contributed by atoms with Crippen LogP contribution in [0.2, 0.25) is 0 Å². The fourth-order valence-electron chi connectivity index (χ4n) is 3.26. The SMILES string of the molecule is Nc1c[nH]c2ccc(C3CC(Oc4ccc(C(F)(F)F)cc4)C3)cc12.O=C(O)C(F)(F)F. The Bertz CT molecular complexity index is 1080. The summed E-state index contributed by atoms with van der Waals surface area (Å²) in [4.78, 5) is 12.0. The third kappa shape index (κ3) is 5.45. The van der Waals surface area contributed by atoms with E-state index >= 15 is 0 Å². The number of carboxylic acid groups (broad SMARTS) is 1. The van der Waals surface area contributed by atoms with E-state index in [1.807, 2.05) is 6.07 Å². The molecule has 1 aliphatic carbocycles. The molecule has 0 aliphatic heterocycles. The van der Waals surface area contributed by atoms with Crippen molar-refractivity contribution >= 4 is 22.6 Å². The second-order valence-corrected chi connectivity index (χ2v) is 7.28. The van der Waals surface area contributed by atoms with Crippen molar-refractivity contribution in [2.75, 3.05) is 5.73 Å². The molecular weight excluding hydrogens is 442 g/mol. The maximum atomic E-state index is 12.6. The number of nitrogens with one attached hydrogen (secondary N) is 1. The molecule has 4 rings (SSSR count). The number of nitrogen functional groups attached to an aromatic ring is 1. The highest BCUT2D eigenvalue weighted by molar-refractivity contribution is 5.91. The number of aromatic nitrogens is 1. The highest BCUT2D eigenvalue weighted by Crippen LogP contribution is 2.41. The number of nitrogens with two attached hydrogens (primary N) is 1. The lowest BCUT2D eigenvalue weighted by atomic mass is 9.77. The van der Waals surface area contributed by atoms with Crippen LogP contribution in [-0.4, -0.2) is 28.3 Å². The maximum absolute atomic E-state index is 12.6. The van der Waals surface area contributed by atoms with Gasteiger partial charge in [-0.05, 0) is 60.7 Å². The maximum Gasteiger partial charge on any atom is 0.490 e. The molecular formula is C21H18F6N2O3. The first-order valence-corrected chi connectivity index (χ1v) is 9.35. The molecule has 0 atom stereocenters. The van der Waals surface area contributed by atoms with E-state index in [9.17, 15) is 26.3 Å². The van der Waals surface area contributed by atoms with Crippen molar-refractivity contribution in [2.24, 2.45) is 0 Å². The van der Waals surface area contributed by atoms with E-state index in [0.29, 0.717) is 11.7 Å². The summed E-state index contributed by atoms with van der Waals surface area (Å²) in [6.07, 6.45) is -5.90. The predicted molar refractivity (Wildman–Crippen MR) is 104 cm³/mol. The average Bonchev–Trinajstić information content (AvgIpc) is 3.04. The Labute approximate surface area is 177 Å². The summed E-state index contributed by atoms with van der Waals surface area (Å²) in [5.41, 5.74) is 8.23. The van der Waals surface area contributed by atoms with Crippen LogP contribution < -0.4 is 10.5 Å². The summed E-state index contributed by atoms with van der Waals surface area (Å²) in [5, 5.41) is 8.14. The second kappa shape index (κ2) is 8.64. The van der Waals surface area contributed by atoms with Crippen molar-refractivity contribution in [3.05, 3.63) is 59.8 Å². The number of H-pyrrole nitrogens is 1. The van der Waals surface area contributed by atoms with E-state index < -0.39 is 23.9 Å². The van der Waals surface area contributed by atoms with E-state index in [0.717, 1.165) is 41.6 Å². The van der Waals surface area contributed by atoms with Crippen LogP contribution in [0.4, 0.5) is 32.0 Å². The summed E-state index contributed by atoms with van der Waals surface area (Å²) < 4.78 is 75.2. The largest absolute Gasteiger partial charge is 0.490 e. The minimum atomic E-state index is -5.08.